The van der Waals surface area contributed by atoms with E-state index in [1.54, 1.807) is 13.8 Å². The summed E-state index contributed by atoms with van der Waals surface area (Å²) < 4.78 is 0. The number of aliphatic hydroxyl groups excluding tert-OH is 2. The lowest BCUT2D eigenvalue weighted by molar-refractivity contribution is -0.140. The highest BCUT2D eigenvalue weighted by Crippen LogP contribution is 2.10. The van der Waals surface area contributed by atoms with Crippen LogP contribution in [0.1, 0.15) is 34.6 Å². The van der Waals surface area contributed by atoms with E-state index in [1.165, 1.54) is 0 Å². The van der Waals surface area contributed by atoms with Gasteiger partial charge in [-0.25, -0.2) is 0 Å². The van der Waals surface area contributed by atoms with Crippen molar-refractivity contribution in [3.05, 3.63) is 0 Å². The van der Waals surface area contributed by atoms with Crippen LogP contribution in [0.3, 0.4) is 0 Å². The van der Waals surface area contributed by atoms with Gasteiger partial charge in [0.2, 0.25) is 0 Å². The number of hydrogen-bond acceptors (Lipinski definition) is 3. The van der Waals surface area contributed by atoms with Gasteiger partial charge in [0.25, 0.3) is 0 Å². The van der Waals surface area contributed by atoms with E-state index < -0.39 is 5.97 Å². The topological polar surface area (TPSA) is 77.8 Å². The number of carboxylic acid groups (broad SMARTS) is 1. The summed E-state index contributed by atoms with van der Waals surface area (Å²) in [5.41, 5.74) is 0. The minimum absolute atomic E-state index is 0.00463. The van der Waals surface area contributed by atoms with Gasteiger partial charge in [0, 0.05) is 12.5 Å². The zero-order chi connectivity index (χ0) is 12.6. The maximum Gasteiger partial charge on any atom is 0.305 e. The summed E-state index contributed by atoms with van der Waals surface area (Å²) in [7, 11) is 0. The molecule has 15 heavy (non-hydrogen) atoms. The fourth-order valence-electron chi connectivity index (χ4n) is 0.765. The minimum atomic E-state index is -0.741. The monoisotopic (exact) mass is 220 g/mol. The number of hydrogen-bond donors (Lipinski definition) is 3. The van der Waals surface area contributed by atoms with Crippen LogP contribution < -0.4 is 0 Å². The van der Waals surface area contributed by atoms with Crippen molar-refractivity contribution in [2.45, 2.75) is 40.7 Å². The molecule has 0 heterocycles. The zero-order valence-electron chi connectivity index (χ0n) is 10.3. The molecule has 0 aromatic rings. The molecule has 0 amide bonds. The van der Waals surface area contributed by atoms with Gasteiger partial charge in [-0.1, -0.05) is 34.6 Å². The quantitative estimate of drug-likeness (QED) is 0.668. The Morgan fingerprint density at radius 3 is 1.53 bits per heavy atom. The molecule has 0 bridgehead atoms. The van der Waals surface area contributed by atoms with Crippen molar-refractivity contribution in [2.24, 2.45) is 17.8 Å². The normalized spacial score (nSPS) is 14.5. The number of carbonyl (C=O) groups is 1. The molecule has 0 rings (SSSR count). The Morgan fingerprint density at radius 2 is 1.47 bits per heavy atom. The summed E-state index contributed by atoms with van der Waals surface area (Å²) in [6.07, 6.45) is -0.366. The number of aliphatic carboxylic acids is 1. The van der Waals surface area contributed by atoms with Crippen LogP contribution in [0.2, 0.25) is 0 Å². The van der Waals surface area contributed by atoms with Gasteiger partial charge in [0.05, 0.1) is 12.0 Å². The molecule has 4 heteroatoms. The summed E-state index contributed by atoms with van der Waals surface area (Å²) >= 11 is 0. The van der Waals surface area contributed by atoms with Gasteiger partial charge in [0.15, 0.2) is 0 Å². The zero-order valence-corrected chi connectivity index (χ0v) is 10.3. The lowest BCUT2D eigenvalue weighted by Crippen LogP contribution is -2.25. The van der Waals surface area contributed by atoms with E-state index in [2.05, 4.69) is 0 Å². The standard InChI is InChI=1S/C7H16O2.C4H8O2/c1-5(2)7(9)6(3)4-8;1-3(2)4(5)6/h5-9H,4H2,1-3H3;3H,1-2H3,(H,5,6). The van der Waals surface area contributed by atoms with Crippen LogP contribution in [0.5, 0.6) is 0 Å². The minimum Gasteiger partial charge on any atom is -0.481 e. The van der Waals surface area contributed by atoms with Crippen LogP contribution in [-0.4, -0.2) is 34.0 Å². The van der Waals surface area contributed by atoms with Gasteiger partial charge >= 0.3 is 5.97 Å². The lowest BCUT2D eigenvalue weighted by atomic mass is 9.96. The molecule has 0 aromatic carbocycles. The maximum absolute atomic E-state index is 9.70. The predicted molar refractivity (Wildman–Crippen MR) is 59.6 cm³/mol. The van der Waals surface area contributed by atoms with Gasteiger partial charge in [-0.15, -0.1) is 0 Å². The van der Waals surface area contributed by atoms with Crippen molar-refractivity contribution in [1.29, 1.82) is 0 Å². The van der Waals surface area contributed by atoms with E-state index in [1.807, 2.05) is 20.8 Å². The Labute approximate surface area is 91.9 Å². The molecule has 2 unspecified atom stereocenters. The first-order valence-corrected chi connectivity index (χ1v) is 5.25. The van der Waals surface area contributed by atoms with E-state index in [9.17, 15) is 9.90 Å². The van der Waals surface area contributed by atoms with Crippen molar-refractivity contribution in [3.8, 4) is 0 Å². The summed E-state index contributed by atoms with van der Waals surface area (Å²) in [5, 5.41) is 25.8. The predicted octanol–water partition coefficient (Wildman–Crippen LogP) is 1.36. The van der Waals surface area contributed by atoms with Gasteiger partial charge in [-0.3, -0.25) is 4.79 Å². The van der Waals surface area contributed by atoms with E-state index in [4.69, 9.17) is 10.2 Å². The molecule has 0 fully saturated rings. The smallest absolute Gasteiger partial charge is 0.305 e. The molecule has 0 saturated heterocycles. The van der Waals surface area contributed by atoms with Crippen LogP contribution in [0.4, 0.5) is 0 Å². The highest BCUT2D eigenvalue weighted by atomic mass is 16.4. The summed E-state index contributed by atoms with van der Waals surface area (Å²) in [4.78, 5) is 9.70. The molecule has 0 aliphatic rings. The van der Waals surface area contributed by atoms with Crippen molar-refractivity contribution in [3.63, 3.8) is 0 Å². The Bertz CT molecular complexity index is 166. The fraction of sp³-hybridized carbons (Fsp3) is 0.909. The molecule has 0 spiro atoms. The maximum atomic E-state index is 9.70. The molecule has 0 radical (unpaired) electrons. The third-order valence-electron chi connectivity index (χ3n) is 2.05. The molecule has 0 aliphatic carbocycles. The molecule has 0 saturated carbocycles. The Kier molecular flexibility index (Phi) is 9.72. The second-order valence-corrected chi connectivity index (χ2v) is 4.39. The van der Waals surface area contributed by atoms with E-state index in [-0.39, 0.29) is 30.5 Å². The van der Waals surface area contributed by atoms with Gasteiger partial charge in [0.1, 0.15) is 0 Å². The van der Waals surface area contributed by atoms with Gasteiger partial charge in [-0.05, 0) is 5.92 Å². The average molecular weight is 220 g/mol. The van der Waals surface area contributed by atoms with Gasteiger partial charge in [-0.2, -0.15) is 0 Å². The van der Waals surface area contributed by atoms with Crippen LogP contribution in [-0.2, 0) is 4.79 Å². The molecular formula is C11H24O4. The van der Waals surface area contributed by atoms with Crippen LogP contribution >= 0.6 is 0 Å². The first-order chi connectivity index (χ1) is 6.73. The van der Waals surface area contributed by atoms with E-state index in [0.29, 0.717) is 0 Å². The summed E-state index contributed by atoms with van der Waals surface area (Å²) in [6.45, 7) is 9.07. The first-order valence-electron chi connectivity index (χ1n) is 5.25. The van der Waals surface area contributed by atoms with Gasteiger partial charge < -0.3 is 15.3 Å². The molecule has 4 nitrogen and oxygen atoms in total. The Morgan fingerprint density at radius 1 is 1.13 bits per heavy atom. The van der Waals surface area contributed by atoms with Crippen molar-refractivity contribution < 1.29 is 20.1 Å². The number of carboxylic acids is 1. The SMILES string of the molecule is CC(C)C(=O)O.CC(C)C(O)C(C)CO. The molecule has 3 N–H and O–H groups in total. The summed E-state index contributed by atoms with van der Waals surface area (Å²) in [5.74, 6) is -0.725. The van der Waals surface area contributed by atoms with Crippen LogP contribution in [0.25, 0.3) is 0 Å². The first kappa shape index (κ1) is 16.8. The highest BCUT2D eigenvalue weighted by Gasteiger charge is 2.15. The van der Waals surface area contributed by atoms with Crippen molar-refractivity contribution in [1.82, 2.24) is 0 Å². The highest BCUT2D eigenvalue weighted by molar-refractivity contribution is 5.68. The number of aliphatic hydroxyl groups is 2. The van der Waals surface area contributed by atoms with E-state index in [0.717, 1.165) is 0 Å². The lowest BCUT2D eigenvalue weighted by Gasteiger charge is -2.19. The summed E-state index contributed by atoms with van der Waals surface area (Å²) in [6, 6.07) is 0. The van der Waals surface area contributed by atoms with Crippen LogP contribution in [0.15, 0.2) is 0 Å². The molecule has 0 aliphatic heterocycles. The second kappa shape index (κ2) is 8.68. The second-order valence-electron chi connectivity index (χ2n) is 4.39. The Balaban J connectivity index is 0. The van der Waals surface area contributed by atoms with Crippen molar-refractivity contribution in [2.75, 3.05) is 6.61 Å². The molecule has 0 aromatic heterocycles. The fourth-order valence-corrected chi connectivity index (χ4v) is 0.765. The third-order valence-corrected chi connectivity index (χ3v) is 2.05. The molecule has 2 atom stereocenters. The average Bonchev–Trinajstić information content (AvgIpc) is 2.16. The molecule has 92 valence electrons. The van der Waals surface area contributed by atoms with E-state index >= 15 is 0 Å². The Hall–Kier alpha value is -0.610. The van der Waals surface area contributed by atoms with Crippen molar-refractivity contribution >= 4 is 5.97 Å². The van der Waals surface area contributed by atoms with Crippen LogP contribution in [0, 0.1) is 17.8 Å². The number of rotatable bonds is 4. The molecular weight excluding hydrogens is 196 g/mol. The largest absolute Gasteiger partial charge is 0.481 e. The third kappa shape index (κ3) is 9.69.